The summed E-state index contributed by atoms with van der Waals surface area (Å²) in [4.78, 5) is 14.1. The first kappa shape index (κ1) is 15.2. The van der Waals surface area contributed by atoms with Crippen molar-refractivity contribution in [2.75, 3.05) is 27.2 Å². The summed E-state index contributed by atoms with van der Waals surface area (Å²) in [6.45, 7) is 3.56. The van der Waals surface area contributed by atoms with Crippen molar-refractivity contribution in [3.05, 3.63) is 36.0 Å². The molecule has 6 nitrogen and oxygen atoms in total. The van der Waals surface area contributed by atoms with Gasteiger partial charge in [0.15, 0.2) is 5.69 Å². The Morgan fingerprint density at radius 1 is 1.29 bits per heavy atom. The van der Waals surface area contributed by atoms with Crippen LogP contribution in [0.3, 0.4) is 0 Å². The van der Waals surface area contributed by atoms with E-state index in [1.165, 1.54) is 0 Å². The normalized spacial score (nSPS) is 10.9. The van der Waals surface area contributed by atoms with Crippen LogP contribution in [0.4, 0.5) is 0 Å². The summed E-state index contributed by atoms with van der Waals surface area (Å²) in [5.74, 6) is -0.438. The number of nitrogens with zero attached hydrogens (tertiary/aromatic N) is 4. The number of carbonyl (C=O) groups is 1. The fourth-order valence-corrected chi connectivity index (χ4v) is 1.98. The second kappa shape index (κ2) is 6.99. The molecule has 0 aliphatic heterocycles. The van der Waals surface area contributed by atoms with Gasteiger partial charge in [0.1, 0.15) is 5.69 Å². The van der Waals surface area contributed by atoms with E-state index in [0.29, 0.717) is 18.8 Å². The van der Waals surface area contributed by atoms with E-state index in [-0.39, 0.29) is 5.69 Å². The Kier molecular flexibility index (Phi) is 5.05. The molecule has 0 aliphatic carbocycles. The molecule has 6 heteroatoms. The number of carbonyl (C=O) groups excluding carboxylic acids is 1. The molecule has 21 heavy (non-hydrogen) atoms. The van der Waals surface area contributed by atoms with E-state index >= 15 is 0 Å². The zero-order valence-electron chi connectivity index (χ0n) is 12.6. The second-order valence-corrected chi connectivity index (χ2v) is 4.90. The highest BCUT2D eigenvalue weighted by atomic mass is 16.5. The highest BCUT2D eigenvalue weighted by Gasteiger charge is 2.22. The average molecular weight is 288 g/mol. The Balaban J connectivity index is 2.40. The first-order valence-corrected chi connectivity index (χ1v) is 6.94. The Morgan fingerprint density at radius 2 is 2.00 bits per heavy atom. The molecular weight excluding hydrogens is 268 g/mol. The van der Waals surface area contributed by atoms with Crippen LogP contribution in [0.2, 0.25) is 0 Å². The molecule has 0 N–H and O–H groups in total. The van der Waals surface area contributed by atoms with Gasteiger partial charge < -0.3 is 9.64 Å². The van der Waals surface area contributed by atoms with Crippen LogP contribution < -0.4 is 0 Å². The second-order valence-electron chi connectivity index (χ2n) is 4.90. The number of likely N-dealkylation sites (N-methyl/N-ethyl adjacent to an activating group) is 1. The fourth-order valence-electron chi connectivity index (χ4n) is 1.98. The lowest BCUT2D eigenvalue weighted by Gasteiger charge is -2.11. The highest BCUT2D eigenvalue weighted by Crippen LogP contribution is 2.22. The van der Waals surface area contributed by atoms with Crippen molar-refractivity contribution in [3.8, 4) is 11.3 Å². The van der Waals surface area contributed by atoms with Gasteiger partial charge in [0.2, 0.25) is 0 Å². The van der Waals surface area contributed by atoms with Crippen LogP contribution in [-0.4, -0.2) is 53.1 Å². The molecule has 0 aliphatic rings. The minimum Gasteiger partial charge on any atom is -0.461 e. The van der Waals surface area contributed by atoms with Gasteiger partial charge >= 0.3 is 5.97 Å². The third-order valence-corrected chi connectivity index (χ3v) is 3.01. The van der Waals surface area contributed by atoms with Gasteiger partial charge in [0.25, 0.3) is 0 Å². The molecule has 1 aromatic heterocycles. The number of aromatic nitrogens is 3. The number of hydrogen-bond donors (Lipinski definition) is 0. The molecule has 0 saturated heterocycles. The summed E-state index contributed by atoms with van der Waals surface area (Å²) in [6.07, 6.45) is 0. The molecule has 0 atom stereocenters. The van der Waals surface area contributed by atoms with Gasteiger partial charge in [0, 0.05) is 12.1 Å². The fraction of sp³-hybridized carbons (Fsp3) is 0.400. The Hall–Kier alpha value is -2.21. The van der Waals surface area contributed by atoms with Crippen molar-refractivity contribution < 1.29 is 9.53 Å². The van der Waals surface area contributed by atoms with Gasteiger partial charge in [-0.1, -0.05) is 35.5 Å². The summed E-state index contributed by atoms with van der Waals surface area (Å²) in [5.41, 5.74) is 1.88. The molecule has 0 amide bonds. The quantitative estimate of drug-likeness (QED) is 0.757. The maximum atomic E-state index is 12.0. The van der Waals surface area contributed by atoms with Crippen molar-refractivity contribution in [2.45, 2.75) is 13.5 Å². The first-order valence-electron chi connectivity index (χ1n) is 6.94. The van der Waals surface area contributed by atoms with E-state index in [4.69, 9.17) is 4.74 Å². The molecule has 0 spiro atoms. The van der Waals surface area contributed by atoms with Gasteiger partial charge in [-0.2, -0.15) is 0 Å². The van der Waals surface area contributed by atoms with E-state index in [1.807, 2.05) is 44.4 Å². The maximum absolute atomic E-state index is 12.0. The monoisotopic (exact) mass is 288 g/mol. The lowest BCUT2D eigenvalue weighted by atomic mass is 10.1. The molecule has 1 heterocycles. The number of hydrogen-bond acceptors (Lipinski definition) is 5. The maximum Gasteiger partial charge on any atom is 0.361 e. The number of rotatable bonds is 6. The number of ether oxygens (including phenoxy) is 1. The van der Waals surface area contributed by atoms with Crippen LogP contribution in [0.1, 0.15) is 17.4 Å². The average Bonchev–Trinajstić information content (AvgIpc) is 2.90. The SMILES string of the molecule is CCOC(=O)c1nnn(CCN(C)C)c1-c1ccccc1. The summed E-state index contributed by atoms with van der Waals surface area (Å²) in [6, 6.07) is 9.66. The van der Waals surface area contributed by atoms with Gasteiger partial charge in [-0.05, 0) is 21.0 Å². The predicted molar refractivity (Wildman–Crippen MR) is 80.0 cm³/mol. The van der Waals surface area contributed by atoms with Crippen LogP contribution in [0.5, 0.6) is 0 Å². The molecule has 2 rings (SSSR count). The molecule has 0 bridgehead atoms. The molecule has 0 fully saturated rings. The van der Waals surface area contributed by atoms with Crippen LogP contribution in [-0.2, 0) is 11.3 Å². The van der Waals surface area contributed by atoms with E-state index in [2.05, 4.69) is 15.2 Å². The Morgan fingerprint density at radius 3 is 2.62 bits per heavy atom. The van der Waals surface area contributed by atoms with Gasteiger partial charge in [-0.25, -0.2) is 9.48 Å². The van der Waals surface area contributed by atoms with Crippen molar-refractivity contribution in [2.24, 2.45) is 0 Å². The number of benzene rings is 1. The third-order valence-electron chi connectivity index (χ3n) is 3.01. The van der Waals surface area contributed by atoms with Crippen molar-refractivity contribution in [1.82, 2.24) is 19.9 Å². The molecule has 1 aromatic carbocycles. The van der Waals surface area contributed by atoms with Crippen molar-refractivity contribution >= 4 is 5.97 Å². The van der Waals surface area contributed by atoms with Crippen LogP contribution in [0, 0.1) is 0 Å². The van der Waals surface area contributed by atoms with E-state index in [0.717, 1.165) is 12.1 Å². The standard InChI is InChI=1S/C15H20N4O2/c1-4-21-15(20)13-14(12-8-6-5-7-9-12)19(17-16-13)11-10-18(2)3/h5-9H,4,10-11H2,1-3H3. The highest BCUT2D eigenvalue weighted by molar-refractivity contribution is 5.94. The molecular formula is C15H20N4O2. The van der Waals surface area contributed by atoms with Crippen molar-refractivity contribution in [1.29, 1.82) is 0 Å². The van der Waals surface area contributed by atoms with E-state index in [9.17, 15) is 4.79 Å². The van der Waals surface area contributed by atoms with Crippen LogP contribution in [0.15, 0.2) is 30.3 Å². The lowest BCUT2D eigenvalue weighted by molar-refractivity contribution is 0.0520. The van der Waals surface area contributed by atoms with Crippen LogP contribution >= 0.6 is 0 Å². The third kappa shape index (κ3) is 3.66. The molecule has 112 valence electrons. The molecule has 0 unspecified atom stereocenters. The van der Waals surface area contributed by atoms with E-state index in [1.54, 1.807) is 11.6 Å². The summed E-state index contributed by atoms with van der Waals surface area (Å²) < 4.78 is 6.82. The summed E-state index contributed by atoms with van der Waals surface area (Å²) in [5, 5.41) is 8.12. The van der Waals surface area contributed by atoms with Gasteiger partial charge in [0.05, 0.1) is 13.2 Å². The van der Waals surface area contributed by atoms with Crippen molar-refractivity contribution in [3.63, 3.8) is 0 Å². The minimum atomic E-state index is -0.438. The zero-order valence-corrected chi connectivity index (χ0v) is 12.6. The Bertz CT molecular complexity index is 593. The minimum absolute atomic E-state index is 0.266. The summed E-state index contributed by atoms with van der Waals surface area (Å²) in [7, 11) is 3.98. The summed E-state index contributed by atoms with van der Waals surface area (Å²) >= 11 is 0. The van der Waals surface area contributed by atoms with Gasteiger partial charge in [-0.15, -0.1) is 5.10 Å². The lowest BCUT2D eigenvalue weighted by Crippen LogP contribution is -2.19. The smallest absolute Gasteiger partial charge is 0.361 e. The van der Waals surface area contributed by atoms with Gasteiger partial charge in [-0.3, -0.25) is 0 Å². The molecule has 0 saturated carbocycles. The molecule has 2 aromatic rings. The zero-order chi connectivity index (χ0) is 15.2. The molecule has 0 radical (unpaired) electrons. The van der Waals surface area contributed by atoms with E-state index < -0.39 is 5.97 Å². The number of esters is 1. The predicted octanol–water partition coefficient (Wildman–Crippen LogP) is 1.68. The largest absolute Gasteiger partial charge is 0.461 e. The topological polar surface area (TPSA) is 60.2 Å². The Labute approximate surface area is 124 Å². The van der Waals surface area contributed by atoms with Crippen LogP contribution in [0.25, 0.3) is 11.3 Å². The first-order chi connectivity index (χ1) is 10.1.